The molecule has 24 heavy (non-hydrogen) atoms. The molecule has 0 spiro atoms. The van der Waals surface area contributed by atoms with Gasteiger partial charge in [-0.25, -0.2) is 13.2 Å². The van der Waals surface area contributed by atoms with Crippen molar-refractivity contribution in [3.63, 3.8) is 0 Å². The molecule has 2 aromatic rings. The first-order valence-corrected chi connectivity index (χ1v) is 9.83. The molecule has 128 valence electrons. The summed E-state index contributed by atoms with van der Waals surface area (Å²) < 4.78 is 38.8. The molecule has 1 aliphatic rings. The molecule has 2 heterocycles. The summed E-state index contributed by atoms with van der Waals surface area (Å²) in [4.78, 5) is 11.1. The smallest absolute Gasteiger partial charge is 0.346 e. The van der Waals surface area contributed by atoms with Crippen molar-refractivity contribution in [3.8, 4) is 11.5 Å². The van der Waals surface area contributed by atoms with Crippen LogP contribution in [-0.2, 0) is 10.0 Å². The second-order valence-electron chi connectivity index (χ2n) is 4.96. The Morgan fingerprint density at radius 3 is 2.46 bits per heavy atom. The number of carbonyl (C=O) groups is 1. The van der Waals surface area contributed by atoms with Crippen molar-refractivity contribution in [2.24, 2.45) is 0 Å². The monoisotopic (exact) mass is 433 g/mol. The number of hydrogen-bond acceptors (Lipinski definition) is 6. The summed E-state index contributed by atoms with van der Waals surface area (Å²) >= 11 is 4.00. The Balaban J connectivity index is 1.95. The van der Waals surface area contributed by atoms with Crippen molar-refractivity contribution in [1.29, 1.82) is 0 Å². The molecule has 0 saturated carbocycles. The Labute approximate surface area is 150 Å². The number of aromatic carboxylic acids is 1. The fourth-order valence-corrected chi connectivity index (χ4v) is 5.14. The molecule has 0 fully saturated rings. The molecule has 0 amide bonds. The lowest BCUT2D eigenvalue weighted by Crippen LogP contribution is -2.16. The molecule has 0 radical (unpaired) electrons. The molecule has 0 saturated heterocycles. The van der Waals surface area contributed by atoms with E-state index in [4.69, 9.17) is 14.6 Å². The van der Waals surface area contributed by atoms with Gasteiger partial charge in [-0.2, -0.15) is 0 Å². The summed E-state index contributed by atoms with van der Waals surface area (Å²) in [5.41, 5.74) is 0.677. The normalized spacial score (nSPS) is 13.6. The molecule has 10 heteroatoms. The summed E-state index contributed by atoms with van der Waals surface area (Å²) in [6.07, 6.45) is 0. The lowest BCUT2D eigenvalue weighted by molar-refractivity contribution is 0.0701. The number of aryl methyl sites for hydroxylation is 1. The molecule has 1 aromatic carbocycles. The average Bonchev–Trinajstić information content (AvgIpc) is 2.91. The summed E-state index contributed by atoms with van der Waals surface area (Å²) in [6, 6.07) is 4.48. The second kappa shape index (κ2) is 6.26. The number of fused-ring (bicyclic) bond motifs is 1. The minimum absolute atomic E-state index is 0.00313. The maximum absolute atomic E-state index is 12.5. The van der Waals surface area contributed by atoms with Gasteiger partial charge in [0.25, 0.3) is 10.0 Å². The van der Waals surface area contributed by atoms with E-state index in [0.29, 0.717) is 46.1 Å². The van der Waals surface area contributed by atoms with Gasteiger partial charge in [-0.3, -0.25) is 4.72 Å². The lowest BCUT2D eigenvalue weighted by atomic mass is 10.2. The van der Waals surface area contributed by atoms with Crippen LogP contribution in [0.1, 0.15) is 15.2 Å². The van der Waals surface area contributed by atoms with Gasteiger partial charge in [-0.05, 0) is 34.5 Å². The van der Waals surface area contributed by atoms with Crippen molar-refractivity contribution in [2.75, 3.05) is 17.9 Å². The van der Waals surface area contributed by atoms with Crippen molar-refractivity contribution >= 4 is 48.9 Å². The van der Waals surface area contributed by atoms with Gasteiger partial charge in [0.1, 0.15) is 22.3 Å². The summed E-state index contributed by atoms with van der Waals surface area (Å²) in [5.74, 6) is -0.189. The predicted octanol–water partition coefficient (Wildman–Crippen LogP) is 3.09. The molecule has 3 rings (SSSR count). The highest BCUT2D eigenvalue weighted by Crippen LogP contribution is 2.39. The Morgan fingerprint density at radius 2 is 1.88 bits per heavy atom. The maximum Gasteiger partial charge on any atom is 0.346 e. The fourth-order valence-electron chi connectivity index (χ4n) is 2.13. The molecule has 0 aliphatic carbocycles. The van der Waals surface area contributed by atoms with Crippen LogP contribution in [0.3, 0.4) is 0 Å². The maximum atomic E-state index is 12.5. The van der Waals surface area contributed by atoms with E-state index in [-0.39, 0.29) is 14.8 Å². The van der Waals surface area contributed by atoms with Crippen LogP contribution < -0.4 is 14.2 Å². The van der Waals surface area contributed by atoms with Gasteiger partial charge in [-0.15, -0.1) is 11.3 Å². The van der Waals surface area contributed by atoms with Crippen LogP contribution in [0.2, 0.25) is 0 Å². The van der Waals surface area contributed by atoms with Crippen molar-refractivity contribution in [2.45, 2.75) is 11.1 Å². The van der Waals surface area contributed by atoms with Crippen LogP contribution in [0.25, 0.3) is 0 Å². The van der Waals surface area contributed by atoms with Crippen molar-refractivity contribution in [3.05, 3.63) is 33.1 Å². The van der Waals surface area contributed by atoms with E-state index in [9.17, 15) is 13.2 Å². The Kier molecular flexibility index (Phi) is 4.45. The van der Waals surface area contributed by atoms with Crippen LogP contribution in [0.15, 0.2) is 26.9 Å². The molecule has 0 unspecified atom stereocenters. The third-order valence-electron chi connectivity index (χ3n) is 3.23. The average molecular weight is 434 g/mol. The largest absolute Gasteiger partial charge is 0.486 e. The van der Waals surface area contributed by atoms with E-state index in [1.54, 1.807) is 13.0 Å². The first-order chi connectivity index (χ1) is 11.3. The van der Waals surface area contributed by atoms with Gasteiger partial charge in [-0.1, -0.05) is 0 Å². The molecule has 0 bridgehead atoms. The lowest BCUT2D eigenvalue weighted by Gasteiger charge is -2.20. The number of benzene rings is 1. The van der Waals surface area contributed by atoms with Crippen LogP contribution >= 0.6 is 27.3 Å². The van der Waals surface area contributed by atoms with Crippen LogP contribution in [0.5, 0.6) is 11.5 Å². The molecule has 1 aliphatic heterocycles. The first kappa shape index (κ1) is 17.1. The number of nitrogens with one attached hydrogen (secondary N) is 1. The molecular formula is C14H12BrNO6S2. The Hall–Kier alpha value is -1.78. The van der Waals surface area contributed by atoms with Gasteiger partial charge < -0.3 is 14.6 Å². The third kappa shape index (κ3) is 3.21. The van der Waals surface area contributed by atoms with Crippen LogP contribution in [0.4, 0.5) is 5.69 Å². The zero-order valence-corrected chi connectivity index (χ0v) is 15.5. The number of thiophene rings is 1. The van der Waals surface area contributed by atoms with E-state index < -0.39 is 16.0 Å². The fraction of sp³-hybridized carbons (Fsp3) is 0.214. The molecule has 2 N–H and O–H groups in total. The number of carboxylic acid groups (broad SMARTS) is 1. The number of sulfonamides is 1. The van der Waals surface area contributed by atoms with Gasteiger partial charge in [0.05, 0.1) is 5.69 Å². The number of hydrogen-bond donors (Lipinski definition) is 2. The quantitative estimate of drug-likeness (QED) is 0.767. The number of halogens is 1. The zero-order valence-electron chi connectivity index (χ0n) is 12.3. The Morgan fingerprint density at radius 1 is 1.25 bits per heavy atom. The molecule has 7 nitrogen and oxygen atoms in total. The number of anilines is 1. The van der Waals surface area contributed by atoms with E-state index in [1.807, 2.05) is 0 Å². The van der Waals surface area contributed by atoms with Crippen molar-refractivity contribution in [1.82, 2.24) is 0 Å². The van der Waals surface area contributed by atoms with E-state index in [2.05, 4.69) is 20.7 Å². The predicted molar refractivity (Wildman–Crippen MR) is 92.0 cm³/mol. The van der Waals surface area contributed by atoms with Crippen LogP contribution in [-0.4, -0.2) is 32.7 Å². The summed E-state index contributed by atoms with van der Waals surface area (Å²) in [5, 5.41) is 9.07. The van der Waals surface area contributed by atoms with Gasteiger partial charge in [0, 0.05) is 16.6 Å². The Bertz CT molecular complexity index is 922. The highest BCUT2D eigenvalue weighted by Gasteiger charge is 2.24. The topological polar surface area (TPSA) is 102 Å². The highest BCUT2D eigenvalue weighted by molar-refractivity contribution is 9.10. The number of ether oxygens (including phenoxy) is 2. The first-order valence-electron chi connectivity index (χ1n) is 6.73. The van der Waals surface area contributed by atoms with Crippen molar-refractivity contribution < 1.29 is 27.8 Å². The number of carboxylic acids is 1. The number of rotatable bonds is 4. The van der Waals surface area contributed by atoms with E-state index in [0.717, 1.165) is 0 Å². The van der Waals surface area contributed by atoms with E-state index >= 15 is 0 Å². The molecular weight excluding hydrogens is 422 g/mol. The minimum atomic E-state index is -3.92. The van der Waals surface area contributed by atoms with Gasteiger partial charge in [0.15, 0.2) is 11.5 Å². The standard InChI is InChI=1S/C14H12BrNO6S2/c1-7-4-12(23-13(7)14(17)18)24(19,20)16-9-6-11-10(5-8(9)15)21-2-3-22-11/h4-6,16H,2-3H2,1H3,(H,17,18). The summed E-state index contributed by atoms with van der Waals surface area (Å²) in [7, 11) is -3.92. The van der Waals surface area contributed by atoms with E-state index in [1.165, 1.54) is 12.1 Å². The minimum Gasteiger partial charge on any atom is -0.486 e. The van der Waals surface area contributed by atoms with Crippen LogP contribution in [0, 0.1) is 6.92 Å². The zero-order chi connectivity index (χ0) is 17.5. The van der Waals surface area contributed by atoms with Gasteiger partial charge >= 0.3 is 5.97 Å². The molecule has 1 aromatic heterocycles. The second-order valence-corrected chi connectivity index (χ2v) is 8.78. The summed E-state index contributed by atoms with van der Waals surface area (Å²) in [6.45, 7) is 2.36. The van der Waals surface area contributed by atoms with Gasteiger partial charge in [0.2, 0.25) is 0 Å². The SMILES string of the molecule is Cc1cc(S(=O)(=O)Nc2cc3c(cc2Br)OCCO3)sc1C(=O)O. The highest BCUT2D eigenvalue weighted by atomic mass is 79.9. The molecule has 0 atom stereocenters. The third-order valence-corrected chi connectivity index (χ3v) is 6.95.